The monoisotopic (exact) mass is 288 g/mol. The van der Waals surface area contributed by atoms with E-state index in [0.717, 1.165) is 38.3 Å². The molecular weight excluding hydrogens is 268 g/mol. The third-order valence-electron chi connectivity index (χ3n) is 3.62. The normalized spacial score (nSPS) is 17.8. The molecule has 6 nitrogen and oxygen atoms in total. The van der Waals surface area contributed by atoms with Crippen molar-refractivity contribution in [3.8, 4) is 0 Å². The van der Waals surface area contributed by atoms with E-state index in [9.17, 15) is 0 Å². The minimum Gasteiger partial charge on any atom is -0.367 e. The summed E-state index contributed by atoms with van der Waals surface area (Å²) in [5.41, 5.74) is 1.01. The van der Waals surface area contributed by atoms with Crippen LogP contribution in [-0.2, 0) is 11.3 Å². The Balaban J connectivity index is 1.71. The topological polar surface area (TPSA) is 63.4 Å². The Labute approximate surface area is 124 Å². The van der Waals surface area contributed by atoms with E-state index in [0.29, 0.717) is 11.7 Å². The van der Waals surface area contributed by atoms with Gasteiger partial charge in [-0.25, -0.2) is 0 Å². The number of hydrogen-bond donors (Lipinski definition) is 1. The molecular formula is C15H20N4O2. The van der Waals surface area contributed by atoms with Gasteiger partial charge in [-0.2, -0.15) is 4.98 Å². The lowest BCUT2D eigenvalue weighted by molar-refractivity contribution is 0.105. The maximum atomic E-state index is 5.51. The third-order valence-corrected chi connectivity index (χ3v) is 3.62. The van der Waals surface area contributed by atoms with E-state index < -0.39 is 0 Å². The molecule has 2 heterocycles. The Morgan fingerprint density at radius 3 is 2.76 bits per heavy atom. The highest BCUT2D eigenvalue weighted by Gasteiger charge is 2.21. The molecule has 0 saturated carbocycles. The van der Waals surface area contributed by atoms with Gasteiger partial charge in [0.15, 0.2) is 11.9 Å². The largest absolute Gasteiger partial charge is 0.367 e. The predicted octanol–water partition coefficient (Wildman–Crippen LogP) is 1.21. The van der Waals surface area contributed by atoms with Gasteiger partial charge in [0.2, 0.25) is 0 Å². The van der Waals surface area contributed by atoms with Gasteiger partial charge in [0.05, 0.1) is 6.54 Å². The van der Waals surface area contributed by atoms with Gasteiger partial charge in [-0.05, 0) is 5.56 Å². The molecule has 2 aromatic rings. The molecule has 3 rings (SSSR count). The molecule has 0 radical (unpaired) electrons. The SMILES string of the molecule is COC(c1ccccc1)c1nc(CN2CCNCC2)no1. The lowest BCUT2D eigenvalue weighted by Gasteiger charge is -2.25. The number of nitrogens with one attached hydrogen (secondary N) is 1. The lowest BCUT2D eigenvalue weighted by atomic mass is 10.1. The maximum Gasteiger partial charge on any atom is 0.260 e. The standard InChI is InChI=1S/C15H20N4O2/c1-20-14(12-5-3-2-4-6-12)15-17-13(18-21-15)11-19-9-7-16-8-10-19/h2-6,14,16H,7-11H2,1H3. The molecule has 1 N–H and O–H groups in total. The van der Waals surface area contributed by atoms with Crippen molar-refractivity contribution in [2.75, 3.05) is 33.3 Å². The molecule has 1 unspecified atom stereocenters. The van der Waals surface area contributed by atoms with Crippen LogP contribution in [0.3, 0.4) is 0 Å². The first-order valence-electron chi connectivity index (χ1n) is 7.20. The Bertz CT molecular complexity index is 552. The molecule has 0 aliphatic carbocycles. The second kappa shape index (κ2) is 6.80. The zero-order valence-electron chi connectivity index (χ0n) is 12.2. The lowest BCUT2D eigenvalue weighted by Crippen LogP contribution is -2.43. The van der Waals surface area contributed by atoms with E-state index in [-0.39, 0.29) is 6.10 Å². The number of aromatic nitrogens is 2. The van der Waals surface area contributed by atoms with Gasteiger partial charge in [-0.3, -0.25) is 4.90 Å². The molecule has 1 saturated heterocycles. The first-order valence-corrected chi connectivity index (χ1v) is 7.20. The molecule has 0 bridgehead atoms. The van der Waals surface area contributed by atoms with Crippen molar-refractivity contribution in [3.05, 3.63) is 47.6 Å². The van der Waals surface area contributed by atoms with Crippen LogP contribution >= 0.6 is 0 Å². The molecule has 6 heteroatoms. The molecule has 1 aliphatic heterocycles. The fourth-order valence-corrected chi connectivity index (χ4v) is 2.51. The van der Waals surface area contributed by atoms with Gasteiger partial charge in [0.1, 0.15) is 0 Å². The van der Waals surface area contributed by atoms with Crippen LogP contribution in [0.5, 0.6) is 0 Å². The highest BCUT2D eigenvalue weighted by atomic mass is 16.5. The zero-order valence-corrected chi connectivity index (χ0v) is 12.2. The maximum absolute atomic E-state index is 5.51. The van der Waals surface area contributed by atoms with Crippen LogP contribution in [0.15, 0.2) is 34.9 Å². The second-order valence-corrected chi connectivity index (χ2v) is 5.10. The van der Waals surface area contributed by atoms with E-state index >= 15 is 0 Å². The van der Waals surface area contributed by atoms with Gasteiger partial charge in [-0.1, -0.05) is 35.5 Å². The van der Waals surface area contributed by atoms with Crippen molar-refractivity contribution in [2.24, 2.45) is 0 Å². The van der Waals surface area contributed by atoms with Crippen LogP contribution in [0, 0.1) is 0 Å². The van der Waals surface area contributed by atoms with Crippen molar-refractivity contribution < 1.29 is 9.26 Å². The molecule has 1 atom stereocenters. The Kier molecular flexibility index (Phi) is 4.59. The van der Waals surface area contributed by atoms with Gasteiger partial charge in [0.25, 0.3) is 5.89 Å². The van der Waals surface area contributed by atoms with Crippen LogP contribution in [0.25, 0.3) is 0 Å². The first-order chi connectivity index (χ1) is 10.4. The van der Waals surface area contributed by atoms with E-state index in [1.165, 1.54) is 0 Å². The zero-order chi connectivity index (χ0) is 14.5. The van der Waals surface area contributed by atoms with Crippen molar-refractivity contribution in [1.82, 2.24) is 20.4 Å². The number of benzene rings is 1. The smallest absolute Gasteiger partial charge is 0.260 e. The summed E-state index contributed by atoms with van der Waals surface area (Å²) in [5, 5.41) is 7.41. The Morgan fingerprint density at radius 1 is 1.29 bits per heavy atom. The van der Waals surface area contributed by atoms with Crippen molar-refractivity contribution in [1.29, 1.82) is 0 Å². The fraction of sp³-hybridized carbons (Fsp3) is 0.467. The molecule has 1 fully saturated rings. The minimum absolute atomic E-state index is 0.310. The molecule has 1 aromatic heterocycles. The van der Waals surface area contributed by atoms with Gasteiger partial charge in [0, 0.05) is 33.3 Å². The second-order valence-electron chi connectivity index (χ2n) is 5.10. The molecule has 1 aliphatic rings. The summed E-state index contributed by atoms with van der Waals surface area (Å²) in [7, 11) is 1.65. The van der Waals surface area contributed by atoms with Crippen molar-refractivity contribution in [3.63, 3.8) is 0 Å². The van der Waals surface area contributed by atoms with E-state index in [4.69, 9.17) is 9.26 Å². The predicted molar refractivity (Wildman–Crippen MR) is 77.7 cm³/mol. The minimum atomic E-state index is -0.310. The summed E-state index contributed by atoms with van der Waals surface area (Å²) < 4.78 is 10.9. The van der Waals surface area contributed by atoms with Crippen molar-refractivity contribution in [2.45, 2.75) is 12.6 Å². The number of rotatable bonds is 5. The summed E-state index contributed by atoms with van der Waals surface area (Å²) in [6, 6.07) is 9.90. The fourth-order valence-electron chi connectivity index (χ4n) is 2.51. The first kappa shape index (κ1) is 14.2. The quantitative estimate of drug-likeness (QED) is 0.892. The van der Waals surface area contributed by atoms with E-state index in [1.54, 1.807) is 7.11 Å². The highest BCUT2D eigenvalue weighted by molar-refractivity contribution is 5.22. The molecule has 0 spiro atoms. The summed E-state index contributed by atoms with van der Waals surface area (Å²) in [6.45, 7) is 4.76. The van der Waals surface area contributed by atoms with Crippen LogP contribution in [-0.4, -0.2) is 48.3 Å². The third kappa shape index (κ3) is 3.47. The van der Waals surface area contributed by atoms with E-state index in [1.807, 2.05) is 30.3 Å². The highest BCUT2D eigenvalue weighted by Crippen LogP contribution is 2.23. The number of piperazine rings is 1. The summed E-state index contributed by atoms with van der Waals surface area (Å²) in [6.07, 6.45) is -0.310. The number of nitrogens with zero attached hydrogens (tertiary/aromatic N) is 3. The van der Waals surface area contributed by atoms with Crippen LogP contribution < -0.4 is 5.32 Å². The Hall–Kier alpha value is -1.76. The average Bonchev–Trinajstić information content (AvgIpc) is 2.98. The summed E-state index contributed by atoms with van der Waals surface area (Å²) >= 11 is 0. The average molecular weight is 288 g/mol. The van der Waals surface area contributed by atoms with Gasteiger partial charge in [-0.15, -0.1) is 0 Å². The van der Waals surface area contributed by atoms with E-state index in [2.05, 4.69) is 20.4 Å². The van der Waals surface area contributed by atoms with Crippen molar-refractivity contribution >= 4 is 0 Å². The Morgan fingerprint density at radius 2 is 2.05 bits per heavy atom. The number of hydrogen-bond acceptors (Lipinski definition) is 6. The van der Waals surface area contributed by atoms with Crippen LogP contribution in [0.2, 0.25) is 0 Å². The van der Waals surface area contributed by atoms with Crippen LogP contribution in [0.1, 0.15) is 23.4 Å². The molecule has 112 valence electrons. The summed E-state index contributed by atoms with van der Waals surface area (Å²) in [5.74, 6) is 1.22. The number of ether oxygens (including phenoxy) is 1. The molecule has 1 aromatic carbocycles. The molecule has 21 heavy (non-hydrogen) atoms. The van der Waals surface area contributed by atoms with Crippen LogP contribution in [0.4, 0.5) is 0 Å². The summed E-state index contributed by atoms with van der Waals surface area (Å²) in [4.78, 5) is 6.80. The van der Waals surface area contributed by atoms with Gasteiger partial charge < -0.3 is 14.6 Å². The molecule has 0 amide bonds. The number of methoxy groups -OCH3 is 1. The van der Waals surface area contributed by atoms with Gasteiger partial charge >= 0.3 is 0 Å².